The van der Waals surface area contributed by atoms with Crippen LogP contribution in [0.2, 0.25) is 0 Å². The third-order valence-corrected chi connectivity index (χ3v) is 7.82. The number of aromatic amines is 1. The van der Waals surface area contributed by atoms with Gasteiger partial charge in [0, 0.05) is 18.4 Å². The number of benzene rings is 1. The number of aromatic nitrogens is 5. The molecule has 4 aromatic rings. The minimum absolute atomic E-state index is 0.0122. The van der Waals surface area contributed by atoms with E-state index in [1.54, 1.807) is 6.07 Å². The summed E-state index contributed by atoms with van der Waals surface area (Å²) in [6.07, 6.45) is 1.91. The summed E-state index contributed by atoms with van der Waals surface area (Å²) < 4.78 is 23.5. The van der Waals surface area contributed by atoms with Crippen LogP contribution in [0.5, 0.6) is 0 Å². The summed E-state index contributed by atoms with van der Waals surface area (Å²) >= 11 is 7.85. The van der Waals surface area contributed by atoms with Crippen LogP contribution in [0.15, 0.2) is 40.3 Å². The average molecular weight is 533 g/mol. The molecular formula is C22H21FN6O3S3. The van der Waals surface area contributed by atoms with Gasteiger partial charge in [-0.3, -0.25) is 19.3 Å². The molecule has 1 amide bonds. The van der Waals surface area contributed by atoms with Gasteiger partial charge >= 0.3 is 0 Å². The highest BCUT2D eigenvalue weighted by molar-refractivity contribution is 7.99. The lowest BCUT2D eigenvalue weighted by molar-refractivity contribution is -0.113. The smallest absolute Gasteiger partial charge is 0.278 e. The molecule has 5 rings (SSSR count). The number of aryl methyl sites for hydroxylation is 1. The fraction of sp³-hybridized carbons (Fsp3) is 0.318. The molecule has 0 unspecified atom stereocenters. The van der Waals surface area contributed by atoms with Crippen molar-refractivity contribution < 1.29 is 13.9 Å². The number of carbonyl (C=O) groups excluding carboxylic acids is 1. The second-order valence-corrected chi connectivity index (χ2v) is 10.6. The molecule has 1 aliphatic heterocycles. The van der Waals surface area contributed by atoms with Gasteiger partial charge in [0.2, 0.25) is 5.91 Å². The normalized spacial score (nSPS) is 15.7. The minimum atomic E-state index is -0.419. The van der Waals surface area contributed by atoms with E-state index in [1.807, 2.05) is 11.5 Å². The largest absolute Gasteiger partial charge is 0.376 e. The number of H-pyrrole nitrogens is 1. The zero-order valence-electron chi connectivity index (χ0n) is 18.6. The summed E-state index contributed by atoms with van der Waals surface area (Å²) in [5.41, 5.74) is 1.40. The molecule has 1 atom stereocenters. The van der Waals surface area contributed by atoms with E-state index in [2.05, 4.69) is 15.5 Å². The maximum Gasteiger partial charge on any atom is 0.278 e. The van der Waals surface area contributed by atoms with Gasteiger partial charge < -0.3 is 14.6 Å². The van der Waals surface area contributed by atoms with Crippen LogP contribution in [0.3, 0.4) is 0 Å². The fourth-order valence-corrected chi connectivity index (χ4v) is 5.92. The van der Waals surface area contributed by atoms with Gasteiger partial charge in [-0.2, -0.15) is 5.10 Å². The number of ether oxygens (including phenoxy) is 1. The van der Waals surface area contributed by atoms with Crippen molar-refractivity contribution in [2.45, 2.75) is 37.6 Å². The lowest BCUT2D eigenvalue weighted by atomic mass is 10.2. The molecule has 13 heteroatoms. The molecular weight excluding hydrogens is 511 g/mol. The number of halogens is 1. The van der Waals surface area contributed by atoms with Crippen molar-refractivity contribution in [1.82, 2.24) is 24.3 Å². The third-order valence-electron chi connectivity index (χ3n) is 5.46. The molecule has 4 heterocycles. The standard InChI is InChI=1S/C22H21FN6O3S3/c1-12-9-16(27-26-12)24-17(30)11-34-21-25-19-18(20(31)29(21)14-6-4-13(23)5-7-14)35-22(33)28(19)10-15-3-2-8-32-15/h4-7,9,15H,2-3,8,10-11H2,1H3,(H2,24,26,27,30)/t15-/m1/s1. The summed E-state index contributed by atoms with van der Waals surface area (Å²) in [6.45, 7) is 3.05. The molecule has 2 N–H and O–H groups in total. The molecule has 0 radical (unpaired) electrons. The second kappa shape index (κ2) is 10.0. The van der Waals surface area contributed by atoms with Gasteiger partial charge in [0.25, 0.3) is 5.56 Å². The van der Waals surface area contributed by atoms with Crippen LogP contribution >= 0.6 is 35.3 Å². The van der Waals surface area contributed by atoms with E-state index in [4.69, 9.17) is 21.9 Å². The van der Waals surface area contributed by atoms with Crippen LogP contribution in [-0.2, 0) is 16.1 Å². The molecule has 3 aromatic heterocycles. The summed E-state index contributed by atoms with van der Waals surface area (Å²) in [6, 6.07) is 7.27. The van der Waals surface area contributed by atoms with Gasteiger partial charge in [-0.25, -0.2) is 9.37 Å². The van der Waals surface area contributed by atoms with E-state index in [0.717, 1.165) is 30.3 Å². The Labute approximate surface area is 212 Å². The van der Waals surface area contributed by atoms with Gasteiger partial charge in [-0.15, -0.1) is 0 Å². The first-order valence-electron chi connectivity index (χ1n) is 10.9. The predicted molar refractivity (Wildman–Crippen MR) is 136 cm³/mol. The maximum absolute atomic E-state index is 13.6. The Morgan fingerprint density at radius 3 is 2.89 bits per heavy atom. The van der Waals surface area contributed by atoms with Crippen LogP contribution in [0.25, 0.3) is 16.0 Å². The van der Waals surface area contributed by atoms with Crippen molar-refractivity contribution in [3.05, 3.63) is 56.2 Å². The minimum Gasteiger partial charge on any atom is -0.376 e. The van der Waals surface area contributed by atoms with Crippen molar-refractivity contribution in [2.24, 2.45) is 0 Å². The number of nitrogens with zero attached hydrogens (tertiary/aromatic N) is 4. The maximum atomic E-state index is 13.6. The Hall–Kier alpha value is -2.87. The van der Waals surface area contributed by atoms with Gasteiger partial charge in [-0.05, 0) is 56.2 Å². The molecule has 1 aliphatic rings. The van der Waals surface area contributed by atoms with Crippen molar-refractivity contribution in [3.8, 4) is 5.69 Å². The third kappa shape index (κ3) is 5.08. The van der Waals surface area contributed by atoms with Crippen molar-refractivity contribution in [2.75, 3.05) is 17.7 Å². The lowest BCUT2D eigenvalue weighted by Crippen LogP contribution is -2.23. The molecule has 182 valence electrons. The summed E-state index contributed by atoms with van der Waals surface area (Å²) in [5.74, 6) is -0.322. The molecule has 1 saturated heterocycles. The van der Waals surface area contributed by atoms with E-state index < -0.39 is 5.82 Å². The Morgan fingerprint density at radius 1 is 1.40 bits per heavy atom. The van der Waals surface area contributed by atoms with Crippen LogP contribution < -0.4 is 10.9 Å². The van der Waals surface area contributed by atoms with E-state index >= 15 is 0 Å². The number of amides is 1. The number of thiazole rings is 1. The van der Waals surface area contributed by atoms with Gasteiger partial charge in [0.05, 0.1) is 24.1 Å². The van der Waals surface area contributed by atoms with E-state index in [-0.39, 0.29) is 23.3 Å². The van der Waals surface area contributed by atoms with Crippen molar-refractivity contribution >= 4 is 57.4 Å². The van der Waals surface area contributed by atoms with Crippen LogP contribution in [0, 0.1) is 16.7 Å². The number of hydrogen-bond acceptors (Lipinski definition) is 8. The van der Waals surface area contributed by atoms with E-state index in [9.17, 15) is 14.0 Å². The zero-order valence-corrected chi connectivity index (χ0v) is 21.1. The fourth-order valence-electron chi connectivity index (χ4n) is 3.84. The Kier molecular flexibility index (Phi) is 6.82. The first kappa shape index (κ1) is 23.9. The summed E-state index contributed by atoms with van der Waals surface area (Å²) in [7, 11) is 0. The topological polar surface area (TPSA) is 107 Å². The van der Waals surface area contributed by atoms with Crippen molar-refractivity contribution in [1.29, 1.82) is 0 Å². The number of anilines is 1. The molecule has 9 nitrogen and oxygen atoms in total. The predicted octanol–water partition coefficient (Wildman–Crippen LogP) is 4.06. The molecule has 0 bridgehead atoms. The monoisotopic (exact) mass is 532 g/mol. The quantitative estimate of drug-likeness (QED) is 0.210. The van der Waals surface area contributed by atoms with E-state index in [1.165, 1.54) is 40.2 Å². The number of thioether (sulfide) groups is 1. The number of rotatable bonds is 7. The van der Waals surface area contributed by atoms with Crippen molar-refractivity contribution in [3.63, 3.8) is 0 Å². The van der Waals surface area contributed by atoms with E-state index in [0.29, 0.717) is 44.1 Å². The Bertz CT molecular complexity index is 1500. The summed E-state index contributed by atoms with van der Waals surface area (Å²) in [4.78, 5) is 30.9. The van der Waals surface area contributed by atoms with Gasteiger partial charge in [0.1, 0.15) is 10.5 Å². The molecule has 0 aliphatic carbocycles. The van der Waals surface area contributed by atoms with Gasteiger partial charge in [-0.1, -0.05) is 23.1 Å². The highest BCUT2D eigenvalue weighted by atomic mass is 32.2. The second-order valence-electron chi connectivity index (χ2n) is 8.05. The first-order valence-corrected chi connectivity index (χ1v) is 13.1. The number of nitrogens with one attached hydrogen (secondary N) is 2. The number of fused-ring (bicyclic) bond motifs is 1. The molecule has 0 saturated carbocycles. The van der Waals surface area contributed by atoms with Crippen LogP contribution in [0.1, 0.15) is 18.5 Å². The molecule has 35 heavy (non-hydrogen) atoms. The Balaban J connectivity index is 1.53. The average Bonchev–Trinajstić information content (AvgIpc) is 3.56. The Morgan fingerprint density at radius 2 is 2.20 bits per heavy atom. The number of carbonyl (C=O) groups is 1. The SMILES string of the molecule is Cc1cc(NC(=O)CSc2nc3c(sc(=S)n3C[C@H]3CCCO3)c(=O)n2-c2ccc(F)cc2)n[nH]1. The van der Waals surface area contributed by atoms with Crippen LogP contribution in [-0.4, -0.2) is 48.7 Å². The number of hydrogen-bond donors (Lipinski definition) is 2. The highest BCUT2D eigenvalue weighted by Crippen LogP contribution is 2.27. The van der Waals surface area contributed by atoms with Gasteiger partial charge in [0.15, 0.2) is 20.6 Å². The first-order chi connectivity index (χ1) is 16.9. The molecule has 0 spiro atoms. The van der Waals surface area contributed by atoms with Crippen LogP contribution in [0.4, 0.5) is 10.2 Å². The lowest BCUT2D eigenvalue weighted by Gasteiger charge is -2.14. The molecule has 1 fully saturated rings. The molecule has 1 aromatic carbocycles. The highest BCUT2D eigenvalue weighted by Gasteiger charge is 2.22. The zero-order chi connectivity index (χ0) is 24.5. The summed E-state index contributed by atoms with van der Waals surface area (Å²) in [5, 5.41) is 9.79.